The van der Waals surface area contributed by atoms with Crippen molar-refractivity contribution in [3.05, 3.63) is 57.9 Å². The lowest BCUT2D eigenvalue weighted by Crippen LogP contribution is -2.28. The van der Waals surface area contributed by atoms with Crippen LogP contribution in [0.4, 0.5) is 10.1 Å². The maximum Gasteiger partial charge on any atom is 0.272 e. The summed E-state index contributed by atoms with van der Waals surface area (Å²) < 4.78 is 13.7. The van der Waals surface area contributed by atoms with E-state index in [0.717, 1.165) is 12.1 Å². The van der Waals surface area contributed by atoms with Gasteiger partial charge in [-0.05, 0) is 13.0 Å². The van der Waals surface area contributed by atoms with Gasteiger partial charge in [-0.3, -0.25) is 14.9 Å². The standard InChI is InChI=1S/C12H11FN4O3/c1-7(11-14-4-5-15-11)16-12(18)9-3-2-8(17(19)20)6-10(9)13/h2-7H,1H3,(H,14,15)(H,16,18). The molecule has 0 saturated heterocycles. The summed E-state index contributed by atoms with van der Waals surface area (Å²) >= 11 is 0. The fourth-order valence-electron chi connectivity index (χ4n) is 1.66. The first-order chi connectivity index (χ1) is 9.49. The molecule has 0 bridgehead atoms. The van der Waals surface area contributed by atoms with Gasteiger partial charge in [0.1, 0.15) is 11.6 Å². The summed E-state index contributed by atoms with van der Waals surface area (Å²) in [7, 11) is 0. The van der Waals surface area contributed by atoms with E-state index in [-0.39, 0.29) is 5.56 Å². The number of rotatable bonds is 4. The van der Waals surface area contributed by atoms with Crippen molar-refractivity contribution in [3.8, 4) is 0 Å². The predicted molar refractivity (Wildman–Crippen MR) is 67.5 cm³/mol. The number of hydrogen-bond donors (Lipinski definition) is 2. The molecule has 20 heavy (non-hydrogen) atoms. The number of carbonyl (C=O) groups is 1. The summed E-state index contributed by atoms with van der Waals surface area (Å²) in [5, 5.41) is 13.0. The molecule has 0 spiro atoms. The molecule has 0 radical (unpaired) electrons. The second kappa shape index (κ2) is 5.47. The highest BCUT2D eigenvalue weighted by Gasteiger charge is 2.18. The molecule has 1 unspecified atom stereocenters. The number of H-pyrrole nitrogens is 1. The minimum atomic E-state index is -0.941. The number of nitrogens with zero attached hydrogens (tertiary/aromatic N) is 2. The SMILES string of the molecule is CC(NC(=O)c1ccc([N+](=O)[O-])cc1F)c1ncc[nH]1. The number of nitro groups is 1. The Balaban J connectivity index is 2.15. The van der Waals surface area contributed by atoms with Crippen molar-refractivity contribution < 1.29 is 14.1 Å². The number of amides is 1. The van der Waals surface area contributed by atoms with Crippen LogP contribution < -0.4 is 5.32 Å². The molecule has 0 saturated carbocycles. The number of benzene rings is 1. The number of halogens is 1. The second-order valence-electron chi connectivity index (χ2n) is 4.09. The van der Waals surface area contributed by atoms with E-state index in [1.807, 2.05) is 0 Å². The molecule has 1 amide bonds. The van der Waals surface area contributed by atoms with Gasteiger partial charge in [0.15, 0.2) is 0 Å². The third-order valence-electron chi connectivity index (χ3n) is 2.69. The van der Waals surface area contributed by atoms with Crippen LogP contribution >= 0.6 is 0 Å². The van der Waals surface area contributed by atoms with Crippen molar-refractivity contribution in [1.29, 1.82) is 0 Å². The third kappa shape index (κ3) is 2.79. The number of nitro benzene ring substituents is 1. The van der Waals surface area contributed by atoms with Gasteiger partial charge in [0.05, 0.1) is 22.6 Å². The van der Waals surface area contributed by atoms with Gasteiger partial charge in [0.25, 0.3) is 11.6 Å². The summed E-state index contributed by atoms with van der Waals surface area (Å²) in [4.78, 5) is 28.4. The van der Waals surface area contributed by atoms with Gasteiger partial charge in [0.2, 0.25) is 0 Å². The summed E-state index contributed by atoms with van der Waals surface area (Å²) in [6, 6.07) is 2.44. The highest BCUT2D eigenvalue weighted by atomic mass is 19.1. The Hall–Kier alpha value is -2.77. The normalized spacial score (nSPS) is 11.9. The lowest BCUT2D eigenvalue weighted by atomic mass is 10.1. The quantitative estimate of drug-likeness (QED) is 0.659. The number of carbonyl (C=O) groups excluding carboxylic acids is 1. The molecule has 0 fully saturated rings. The van der Waals surface area contributed by atoms with Gasteiger partial charge in [-0.15, -0.1) is 0 Å². The number of hydrogen-bond acceptors (Lipinski definition) is 4. The van der Waals surface area contributed by atoms with Crippen LogP contribution in [-0.2, 0) is 0 Å². The van der Waals surface area contributed by atoms with E-state index >= 15 is 0 Å². The lowest BCUT2D eigenvalue weighted by Gasteiger charge is -2.11. The first kappa shape index (κ1) is 13.7. The van der Waals surface area contributed by atoms with Gasteiger partial charge < -0.3 is 10.3 Å². The minimum Gasteiger partial charge on any atom is -0.347 e. The zero-order chi connectivity index (χ0) is 14.7. The molecular formula is C12H11FN4O3. The molecule has 1 heterocycles. The molecule has 0 aliphatic carbocycles. The fraction of sp³-hybridized carbons (Fsp3) is 0.167. The lowest BCUT2D eigenvalue weighted by molar-refractivity contribution is -0.385. The Morgan fingerprint density at radius 3 is 2.85 bits per heavy atom. The van der Waals surface area contributed by atoms with E-state index in [4.69, 9.17) is 0 Å². The van der Waals surface area contributed by atoms with E-state index in [0.29, 0.717) is 11.9 Å². The molecule has 1 aromatic heterocycles. The molecule has 2 N–H and O–H groups in total. The minimum absolute atomic E-state index is 0.256. The van der Waals surface area contributed by atoms with E-state index in [1.54, 1.807) is 13.1 Å². The van der Waals surface area contributed by atoms with Gasteiger partial charge in [-0.2, -0.15) is 0 Å². The summed E-state index contributed by atoms with van der Waals surface area (Å²) in [6.07, 6.45) is 3.13. The zero-order valence-corrected chi connectivity index (χ0v) is 10.5. The Kier molecular flexibility index (Phi) is 3.74. The Labute approximate surface area is 113 Å². The van der Waals surface area contributed by atoms with E-state index in [2.05, 4.69) is 15.3 Å². The van der Waals surface area contributed by atoms with Crippen molar-refractivity contribution in [3.63, 3.8) is 0 Å². The van der Waals surface area contributed by atoms with Gasteiger partial charge in [-0.1, -0.05) is 0 Å². The Bertz CT molecular complexity index is 642. The van der Waals surface area contributed by atoms with Crippen LogP contribution in [0.25, 0.3) is 0 Å². The largest absolute Gasteiger partial charge is 0.347 e. The number of aromatic nitrogens is 2. The van der Waals surface area contributed by atoms with Crippen LogP contribution in [-0.4, -0.2) is 20.8 Å². The van der Waals surface area contributed by atoms with Crippen molar-refractivity contribution >= 4 is 11.6 Å². The fourth-order valence-corrected chi connectivity index (χ4v) is 1.66. The van der Waals surface area contributed by atoms with Crippen LogP contribution in [0, 0.1) is 15.9 Å². The number of non-ortho nitro benzene ring substituents is 1. The van der Waals surface area contributed by atoms with Crippen LogP contribution in [0.15, 0.2) is 30.6 Å². The molecule has 7 nitrogen and oxygen atoms in total. The first-order valence-electron chi connectivity index (χ1n) is 5.73. The molecule has 2 rings (SSSR count). The van der Waals surface area contributed by atoms with Crippen molar-refractivity contribution in [1.82, 2.24) is 15.3 Å². The summed E-state index contributed by atoms with van der Waals surface area (Å²) in [5.41, 5.74) is -0.660. The average Bonchev–Trinajstić information content (AvgIpc) is 2.92. The van der Waals surface area contributed by atoms with Crippen molar-refractivity contribution in [2.45, 2.75) is 13.0 Å². The summed E-state index contributed by atoms with van der Waals surface area (Å²) in [6.45, 7) is 1.68. The molecule has 2 aromatic rings. The number of aromatic amines is 1. The second-order valence-corrected chi connectivity index (χ2v) is 4.09. The topological polar surface area (TPSA) is 101 Å². The first-order valence-corrected chi connectivity index (χ1v) is 5.73. The van der Waals surface area contributed by atoms with Crippen LogP contribution in [0.5, 0.6) is 0 Å². The monoisotopic (exact) mass is 278 g/mol. The molecule has 8 heteroatoms. The highest BCUT2D eigenvalue weighted by molar-refractivity contribution is 5.94. The Morgan fingerprint density at radius 2 is 2.30 bits per heavy atom. The Morgan fingerprint density at radius 1 is 1.55 bits per heavy atom. The molecule has 1 atom stereocenters. The zero-order valence-electron chi connectivity index (χ0n) is 10.5. The van der Waals surface area contributed by atoms with Gasteiger partial charge in [0, 0.05) is 18.5 Å². The molecule has 104 valence electrons. The van der Waals surface area contributed by atoms with Gasteiger partial charge >= 0.3 is 0 Å². The maximum absolute atomic E-state index is 13.7. The summed E-state index contributed by atoms with van der Waals surface area (Å²) in [5.74, 6) is -1.08. The molecule has 1 aromatic carbocycles. The van der Waals surface area contributed by atoms with Crippen LogP contribution in [0.3, 0.4) is 0 Å². The third-order valence-corrected chi connectivity index (χ3v) is 2.69. The number of nitrogens with one attached hydrogen (secondary N) is 2. The maximum atomic E-state index is 13.7. The van der Waals surface area contributed by atoms with E-state index in [1.165, 1.54) is 6.20 Å². The molecular weight excluding hydrogens is 267 g/mol. The average molecular weight is 278 g/mol. The van der Waals surface area contributed by atoms with E-state index in [9.17, 15) is 19.3 Å². The van der Waals surface area contributed by atoms with Crippen molar-refractivity contribution in [2.75, 3.05) is 0 Å². The van der Waals surface area contributed by atoms with E-state index < -0.39 is 28.4 Å². The number of imidazole rings is 1. The van der Waals surface area contributed by atoms with Crippen molar-refractivity contribution in [2.24, 2.45) is 0 Å². The molecule has 0 aliphatic heterocycles. The smallest absolute Gasteiger partial charge is 0.272 e. The molecule has 0 aliphatic rings. The van der Waals surface area contributed by atoms with Gasteiger partial charge in [-0.25, -0.2) is 9.37 Å². The van der Waals surface area contributed by atoms with Crippen LogP contribution in [0.1, 0.15) is 29.1 Å². The van der Waals surface area contributed by atoms with Crippen LogP contribution in [0.2, 0.25) is 0 Å². The highest BCUT2D eigenvalue weighted by Crippen LogP contribution is 2.17. The predicted octanol–water partition coefficient (Wildman–Crippen LogP) is 1.95.